The molecule has 18 heavy (non-hydrogen) atoms. The van der Waals surface area contributed by atoms with Gasteiger partial charge in [-0.25, -0.2) is 0 Å². The molecule has 0 heterocycles. The van der Waals surface area contributed by atoms with Gasteiger partial charge in [-0.15, -0.1) is 0 Å². The van der Waals surface area contributed by atoms with Crippen LogP contribution < -0.4 is 11.1 Å². The number of rotatable bonds is 5. The Labute approximate surface area is 110 Å². The van der Waals surface area contributed by atoms with Crippen LogP contribution in [0.1, 0.15) is 12.0 Å². The Bertz CT molecular complexity index is 471. The molecule has 0 saturated carbocycles. The summed E-state index contributed by atoms with van der Waals surface area (Å²) in [6.07, 6.45) is 0.432. The van der Waals surface area contributed by atoms with Crippen LogP contribution in [0.5, 0.6) is 0 Å². The molecule has 0 bridgehead atoms. The highest BCUT2D eigenvalue weighted by Gasteiger charge is 2.13. The van der Waals surface area contributed by atoms with E-state index in [1.54, 1.807) is 19.2 Å². The van der Waals surface area contributed by atoms with Crippen molar-refractivity contribution in [2.75, 3.05) is 19.0 Å². The first-order valence-corrected chi connectivity index (χ1v) is 5.71. The minimum atomic E-state index is -0.647. The second-order valence-corrected chi connectivity index (χ2v) is 4.09. The highest BCUT2D eigenvalue weighted by atomic mass is 35.5. The number of nitrogens with zero attached hydrogens (tertiary/aromatic N) is 1. The Kier molecular flexibility index (Phi) is 5.59. The van der Waals surface area contributed by atoms with E-state index in [9.17, 15) is 4.79 Å². The Morgan fingerprint density at radius 1 is 1.67 bits per heavy atom. The molecule has 1 unspecified atom stereocenters. The topological polar surface area (TPSA) is 88.1 Å². The van der Waals surface area contributed by atoms with Crippen molar-refractivity contribution in [3.05, 3.63) is 28.8 Å². The maximum absolute atomic E-state index is 11.7. The molecular formula is C12H14ClN3O2. The predicted octanol–water partition coefficient (Wildman–Crippen LogP) is 1.51. The van der Waals surface area contributed by atoms with Crippen molar-refractivity contribution < 1.29 is 9.53 Å². The van der Waals surface area contributed by atoms with Gasteiger partial charge in [0.2, 0.25) is 5.91 Å². The van der Waals surface area contributed by atoms with Gasteiger partial charge in [-0.05, 0) is 24.6 Å². The summed E-state index contributed by atoms with van der Waals surface area (Å²) in [6, 6.07) is 5.96. The lowest BCUT2D eigenvalue weighted by Crippen LogP contribution is -2.36. The normalized spacial score (nSPS) is 11.7. The molecule has 0 fully saturated rings. The first-order chi connectivity index (χ1) is 8.58. The fraction of sp³-hybridized carbons (Fsp3) is 0.333. The summed E-state index contributed by atoms with van der Waals surface area (Å²) >= 11 is 5.79. The summed E-state index contributed by atoms with van der Waals surface area (Å²) in [5.41, 5.74) is 6.47. The van der Waals surface area contributed by atoms with Crippen molar-refractivity contribution in [3.63, 3.8) is 0 Å². The molecule has 0 radical (unpaired) electrons. The fourth-order valence-corrected chi connectivity index (χ4v) is 1.46. The lowest BCUT2D eigenvalue weighted by atomic mass is 10.2. The van der Waals surface area contributed by atoms with Gasteiger partial charge in [-0.2, -0.15) is 5.26 Å². The highest BCUT2D eigenvalue weighted by Crippen LogP contribution is 2.19. The molecule has 3 N–H and O–H groups in total. The summed E-state index contributed by atoms with van der Waals surface area (Å²) < 4.78 is 4.84. The van der Waals surface area contributed by atoms with Crippen molar-refractivity contribution in [2.24, 2.45) is 5.73 Å². The summed E-state index contributed by atoms with van der Waals surface area (Å²) in [5.74, 6) is -0.321. The van der Waals surface area contributed by atoms with Gasteiger partial charge in [-0.1, -0.05) is 11.6 Å². The first-order valence-electron chi connectivity index (χ1n) is 5.33. The number of ether oxygens (including phenoxy) is 1. The molecular weight excluding hydrogens is 254 g/mol. The number of anilines is 1. The Hall–Kier alpha value is -1.61. The molecule has 1 aromatic carbocycles. The van der Waals surface area contributed by atoms with Crippen molar-refractivity contribution in [3.8, 4) is 6.07 Å². The molecule has 0 aromatic heterocycles. The Morgan fingerprint density at radius 2 is 2.39 bits per heavy atom. The predicted molar refractivity (Wildman–Crippen MR) is 69.3 cm³/mol. The van der Waals surface area contributed by atoms with Crippen molar-refractivity contribution >= 4 is 23.2 Å². The van der Waals surface area contributed by atoms with E-state index in [-0.39, 0.29) is 5.91 Å². The third kappa shape index (κ3) is 4.00. The van der Waals surface area contributed by atoms with E-state index in [4.69, 9.17) is 27.3 Å². The van der Waals surface area contributed by atoms with Gasteiger partial charge >= 0.3 is 0 Å². The van der Waals surface area contributed by atoms with Gasteiger partial charge in [0, 0.05) is 19.4 Å². The second-order valence-electron chi connectivity index (χ2n) is 3.68. The summed E-state index contributed by atoms with van der Waals surface area (Å²) in [7, 11) is 1.54. The van der Waals surface area contributed by atoms with E-state index in [0.29, 0.717) is 29.3 Å². The van der Waals surface area contributed by atoms with Crippen molar-refractivity contribution in [2.45, 2.75) is 12.5 Å². The SMILES string of the molecule is COCCC(N)C(=O)Nc1ccc(Cl)c(C#N)c1. The number of carbonyl (C=O) groups is 1. The van der Waals surface area contributed by atoms with Crippen LogP contribution in [0.3, 0.4) is 0 Å². The van der Waals surface area contributed by atoms with E-state index in [0.717, 1.165) is 0 Å². The lowest BCUT2D eigenvalue weighted by molar-refractivity contribution is -0.117. The molecule has 0 spiro atoms. The molecule has 6 heteroatoms. The maximum Gasteiger partial charge on any atom is 0.241 e. The Balaban J connectivity index is 2.67. The highest BCUT2D eigenvalue weighted by molar-refractivity contribution is 6.31. The molecule has 96 valence electrons. The zero-order valence-electron chi connectivity index (χ0n) is 9.94. The van der Waals surface area contributed by atoms with E-state index < -0.39 is 6.04 Å². The largest absolute Gasteiger partial charge is 0.385 e. The van der Waals surface area contributed by atoms with Gasteiger partial charge in [0.15, 0.2) is 0 Å². The van der Waals surface area contributed by atoms with Gasteiger partial charge in [-0.3, -0.25) is 4.79 Å². The average molecular weight is 268 g/mol. The smallest absolute Gasteiger partial charge is 0.241 e. The molecule has 0 aliphatic carbocycles. The van der Waals surface area contributed by atoms with Crippen molar-refractivity contribution in [1.82, 2.24) is 0 Å². The van der Waals surface area contributed by atoms with Gasteiger partial charge in [0.25, 0.3) is 0 Å². The molecule has 0 aliphatic rings. The zero-order valence-corrected chi connectivity index (χ0v) is 10.7. The molecule has 1 rings (SSSR count). The monoisotopic (exact) mass is 267 g/mol. The standard InChI is InChI=1S/C12H14ClN3O2/c1-18-5-4-11(15)12(17)16-9-2-3-10(13)8(6-9)7-14/h2-3,6,11H,4-5,15H2,1H3,(H,16,17). The van der Waals surface area contributed by atoms with E-state index in [1.165, 1.54) is 6.07 Å². The number of nitrogens with one attached hydrogen (secondary N) is 1. The van der Waals surface area contributed by atoms with E-state index in [2.05, 4.69) is 5.32 Å². The molecule has 0 aliphatic heterocycles. The molecule has 1 amide bonds. The van der Waals surface area contributed by atoms with Gasteiger partial charge in [0.05, 0.1) is 16.6 Å². The summed E-state index contributed by atoms with van der Waals surface area (Å²) in [5, 5.41) is 11.8. The number of methoxy groups -OCH3 is 1. The number of nitrogens with two attached hydrogens (primary N) is 1. The average Bonchev–Trinajstić information content (AvgIpc) is 2.37. The number of nitriles is 1. The van der Waals surface area contributed by atoms with Crippen molar-refractivity contribution in [1.29, 1.82) is 5.26 Å². The maximum atomic E-state index is 11.7. The quantitative estimate of drug-likeness (QED) is 0.846. The third-order valence-corrected chi connectivity index (χ3v) is 2.65. The van der Waals surface area contributed by atoms with Gasteiger partial charge < -0.3 is 15.8 Å². The van der Waals surface area contributed by atoms with Crippen LogP contribution in [0.4, 0.5) is 5.69 Å². The van der Waals surface area contributed by atoms with Crippen LogP contribution in [0.2, 0.25) is 5.02 Å². The van der Waals surface area contributed by atoms with Crippen LogP contribution in [-0.2, 0) is 9.53 Å². The summed E-state index contributed by atoms with van der Waals surface area (Å²) in [6.45, 7) is 0.415. The number of hydrogen-bond acceptors (Lipinski definition) is 4. The van der Waals surface area contributed by atoms with Gasteiger partial charge in [0.1, 0.15) is 6.07 Å². The molecule has 1 atom stereocenters. The van der Waals surface area contributed by atoms with Crippen LogP contribution >= 0.6 is 11.6 Å². The summed E-state index contributed by atoms with van der Waals surface area (Å²) in [4.78, 5) is 11.7. The number of benzene rings is 1. The minimum Gasteiger partial charge on any atom is -0.385 e. The fourth-order valence-electron chi connectivity index (χ4n) is 1.30. The van der Waals surface area contributed by atoms with E-state index in [1.807, 2.05) is 6.07 Å². The number of amides is 1. The van der Waals surface area contributed by atoms with Crippen LogP contribution in [0, 0.1) is 11.3 Å². The number of hydrogen-bond donors (Lipinski definition) is 2. The molecule has 0 saturated heterocycles. The number of halogens is 1. The van der Waals surface area contributed by atoms with E-state index >= 15 is 0 Å². The van der Waals surface area contributed by atoms with Crippen LogP contribution in [0.25, 0.3) is 0 Å². The lowest BCUT2D eigenvalue weighted by Gasteiger charge is -2.12. The number of carbonyl (C=O) groups excluding carboxylic acids is 1. The second kappa shape index (κ2) is 6.97. The molecule has 5 nitrogen and oxygen atoms in total. The molecule has 1 aromatic rings. The zero-order chi connectivity index (χ0) is 13.5. The third-order valence-electron chi connectivity index (χ3n) is 2.32. The minimum absolute atomic E-state index is 0.305. The first kappa shape index (κ1) is 14.5. The Morgan fingerprint density at radius 3 is 3.00 bits per heavy atom. The van der Waals surface area contributed by atoms with Crippen LogP contribution in [-0.4, -0.2) is 25.7 Å². The van der Waals surface area contributed by atoms with Crippen LogP contribution in [0.15, 0.2) is 18.2 Å².